The molecule has 2 N–H and O–H groups in total. The first-order chi connectivity index (χ1) is 9.04. The third kappa shape index (κ3) is 4.66. The van der Waals surface area contributed by atoms with Crippen molar-refractivity contribution in [2.24, 2.45) is 5.41 Å². The SMILES string of the molecule is CCNc1cc(NC(C)C(C)(C)C)nc(C(C)(C)C)n1. The van der Waals surface area contributed by atoms with Crippen LogP contribution in [-0.2, 0) is 5.41 Å². The lowest BCUT2D eigenvalue weighted by Crippen LogP contribution is -2.31. The number of nitrogens with one attached hydrogen (secondary N) is 2. The lowest BCUT2D eigenvalue weighted by atomic mass is 9.88. The molecule has 0 fully saturated rings. The van der Waals surface area contributed by atoms with Crippen molar-refractivity contribution in [2.45, 2.75) is 66.8 Å². The molecule has 0 aromatic carbocycles. The van der Waals surface area contributed by atoms with E-state index < -0.39 is 0 Å². The average molecular weight is 278 g/mol. The maximum absolute atomic E-state index is 4.68. The number of hydrogen-bond acceptors (Lipinski definition) is 4. The zero-order valence-electron chi connectivity index (χ0n) is 14.3. The van der Waals surface area contributed by atoms with Gasteiger partial charge in [-0.1, -0.05) is 41.5 Å². The van der Waals surface area contributed by atoms with E-state index in [-0.39, 0.29) is 10.8 Å². The van der Waals surface area contributed by atoms with Crippen molar-refractivity contribution in [3.8, 4) is 0 Å². The Hall–Kier alpha value is -1.32. The maximum atomic E-state index is 4.68. The van der Waals surface area contributed by atoms with Crippen molar-refractivity contribution in [3.63, 3.8) is 0 Å². The van der Waals surface area contributed by atoms with Crippen LogP contribution in [0.4, 0.5) is 11.6 Å². The normalized spacial score (nSPS) is 14.0. The number of anilines is 2. The fourth-order valence-corrected chi connectivity index (χ4v) is 1.57. The molecule has 0 aliphatic heterocycles. The molecule has 1 aromatic heterocycles. The van der Waals surface area contributed by atoms with Gasteiger partial charge in [0.2, 0.25) is 0 Å². The van der Waals surface area contributed by atoms with Gasteiger partial charge in [-0.15, -0.1) is 0 Å². The third-order valence-corrected chi connectivity index (χ3v) is 3.42. The van der Waals surface area contributed by atoms with Gasteiger partial charge in [0.15, 0.2) is 0 Å². The molecule has 114 valence electrons. The minimum atomic E-state index is -0.0627. The van der Waals surface area contributed by atoms with Crippen molar-refractivity contribution >= 4 is 11.6 Å². The van der Waals surface area contributed by atoms with Crippen molar-refractivity contribution in [1.82, 2.24) is 9.97 Å². The van der Waals surface area contributed by atoms with Crippen LogP contribution in [0.1, 0.15) is 61.2 Å². The van der Waals surface area contributed by atoms with Gasteiger partial charge in [0.1, 0.15) is 17.5 Å². The van der Waals surface area contributed by atoms with Crippen LogP contribution in [0.15, 0.2) is 6.07 Å². The smallest absolute Gasteiger partial charge is 0.138 e. The predicted octanol–water partition coefficient (Wildman–Crippen LogP) is 4.05. The molecule has 4 nitrogen and oxygen atoms in total. The Labute approximate surface area is 123 Å². The van der Waals surface area contributed by atoms with Gasteiger partial charge in [-0.05, 0) is 19.3 Å². The largest absolute Gasteiger partial charge is 0.370 e. The molecule has 0 aliphatic rings. The highest BCUT2D eigenvalue weighted by Gasteiger charge is 2.23. The molecule has 0 bridgehead atoms. The van der Waals surface area contributed by atoms with Crippen molar-refractivity contribution in [2.75, 3.05) is 17.2 Å². The van der Waals surface area contributed by atoms with Crippen LogP contribution in [0.5, 0.6) is 0 Å². The molecule has 1 unspecified atom stereocenters. The lowest BCUT2D eigenvalue weighted by molar-refractivity contribution is 0.358. The van der Waals surface area contributed by atoms with E-state index in [4.69, 9.17) is 0 Å². The van der Waals surface area contributed by atoms with E-state index in [2.05, 4.69) is 76.0 Å². The average Bonchev–Trinajstić information content (AvgIpc) is 2.26. The van der Waals surface area contributed by atoms with Crippen LogP contribution in [0.25, 0.3) is 0 Å². The Morgan fingerprint density at radius 1 is 1.05 bits per heavy atom. The molecule has 1 aromatic rings. The summed E-state index contributed by atoms with van der Waals surface area (Å²) >= 11 is 0. The molecular formula is C16H30N4. The number of nitrogens with zero attached hydrogens (tertiary/aromatic N) is 2. The topological polar surface area (TPSA) is 49.8 Å². The molecule has 0 radical (unpaired) electrons. The summed E-state index contributed by atoms with van der Waals surface area (Å²) in [6.45, 7) is 18.2. The first kappa shape index (κ1) is 16.7. The first-order valence-electron chi connectivity index (χ1n) is 7.44. The molecule has 0 aliphatic carbocycles. The van der Waals surface area contributed by atoms with Gasteiger partial charge >= 0.3 is 0 Å². The van der Waals surface area contributed by atoms with Crippen LogP contribution in [0.3, 0.4) is 0 Å². The number of aromatic nitrogens is 2. The molecule has 1 heterocycles. The standard InChI is InChI=1S/C16H30N4/c1-9-17-12-10-13(18-11(2)15(3,4)5)20-14(19-12)16(6,7)8/h10-11H,9H2,1-8H3,(H2,17,18,19,20). The second-order valence-electron chi connectivity index (χ2n) is 7.47. The molecule has 1 atom stereocenters. The summed E-state index contributed by atoms with van der Waals surface area (Å²) < 4.78 is 0. The fourth-order valence-electron chi connectivity index (χ4n) is 1.57. The maximum Gasteiger partial charge on any atom is 0.138 e. The van der Waals surface area contributed by atoms with Gasteiger partial charge in [0.25, 0.3) is 0 Å². The highest BCUT2D eigenvalue weighted by molar-refractivity contribution is 5.48. The fraction of sp³-hybridized carbons (Fsp3) is 0.750. The van der Waals surface area contributed by atoms with E-state index in [1.165, 1.54) is 0 Å². The van der Waals surface area contributed by atoms with E-state index in [9.17, 15) is 0 Å². The molecular weight excluding hydrogens is 248 g/mol. The molecule has 0 amide bonds. The molecule has 0 spiro atoms. The van der Waals surface area contributed by atoms with E-state index in [0.29, 0.717) is 6.04 Å². The minimum Gasteiger partial charge on any atom is -0.370 e. The molecule has 0 saturated heterocycles. The van der Waals surface area contributed by atoms with Crippen LogP contribution in [0, 0.1) is 5.41 Å². The summed E-state index contributed by atoms with van der Waals surface area (Å²) in [4.78, 5) is 9.28. The Bertz CT molecular complexity index is 441. The van der Waals surface area contributed by atoms with E-state index >= 15 is 0 Å². The monoisotopic (exact) mass is 278 g/mol. The van der Waals surface area contributed by atoms with Gasteiger partial charge in [0, 0.05) is 24.1 Å². The lowest BCUT2D eigenvalue weighted by Gasteiger charge is -2.29. The van der Waals surface area contributed by atoms with E-state index in [1.807, 2.05) is 6.07 Å². The second kappa shape index (κ2) is 5.98. The zero-order chi connectivity index (χ0) is 15.6. The number of rotatable bonds is 4. The van der Waals surface area contributed by atoms with Crippen LogP contribution in [0.2, 0.25) is 0 Å². The molecule has 4 heteroatoms. The van der Waals surface area contributed by atoms with E-state index in [1.54, 1.807) is 0 Å². The van der Waals surface area contributed by atoms with Gasteiger partial charge in [-0.3, -0.25) is 0 Å². The quantitative estimate of drug-likeness (QED) is 0.872. The van der Waals surface area contributed by atoms with Crippen molar-refractivity contribution in [3.05, 3.63) is 11.9 Å². The van der Waals surface area contributed by atoms with Gasteiger partial charge in [0.05, 0.1) is 0 Å². The summed E-state index contributed by atoms with van der Waals surface area (Å²) in [6, 6.07) is 2.32. The van der Waals surface area contributed by atoms with Gasteiger partial charge in [-0.2, -0.15) is 0 Å². The summed E-state index contributed by atoms with van der Waals surface area (Å²) in [5.41, 5.74) is 0.123. The van der Waals surface area contributed by atoms with Gasteiger partial charge in [-0.25, -0.2) is 9.97 Å². The molecule has 0 saturated carbocycles. The third-order valence-electron chi connectivity index (χ3n) is 3.42. The summed E-state index contributed by atoms with van der Waals surface area (Å²) in [6.07, 6.45) is 0. The Balaban J connectivity index is 3.09. The summed E-state index contributed by atoms with van der Waals surface area (Å²) in [5.74, 6) is 2.64. The summed E-state index contributed by atoms with van der Waals surface area (Å²) in [5, 5.41) is 6.78. The van der Waals surface area contributed by atoms with Gasteiger partial charge < -0.3 is 10.6 Å². The molecule has 1 rings (SSSR count). The Kier molecular flexibility index (Phi) is 5.00. The van der Waals surface area contributed by atoms with Crippen molar-refractivity contribution in [1.29, 1.82) is 0 Å². The second-order valence-corrected chi connectivity index (χ2v) is 7.47. The zero-order valence-corrected chi connectivity index (χ0v) is 14.3. The van der Waals surface area contributed by atoms with Crippen LogP contribution >= 0.6 is 0 Å². The van der Waals surface area contributed by atoms with Crippen molar-refractivity contribution < 1.29 is 0 Å². The van der Waals surface area contributed by atoms with E-state index in [0.717, 1.165) is 24.0 Å². The molecule has 20 heavy (non-hydrogen) atoms. The van der Waals surface area contributed by atoms with Crippen LogP contribution < -0.4 is 10.6 Å². The highest BCUT2D eigenvalue weighted by atomic mass is 15.1. The Morgan fingerprint density at radius 2 is 1.60 bits per heavy atom. The van der Waals surface area contributed by atoms with Crippen LogP contribution in [-0.4, -0.2) is 22.6 Å². The number of hydrogen-bond donors (Lipinski definition) is 2. The predicted molar refractivity (Wildman–Crippen MR) is 87.4 cm³/mol. The highest BCUT2D eigenvalue weighted by Crippen LogP contribution is 2.25. The Morgan fingerprint density at radius 3 is 2.05 bits per heavy atom. The minimum absolute atomic E-state index is 0.0627. The first-order valence-corrected chi connectivity index (χ1v) is 7.44. The summed E-state index contributed by atoms with van der Waals surface area (Å²) in [7, 11) is 0.